The molecule has 2 aromatic carbocycles. The number of anilines is 3. The molecule has 0 radical (unpaired) electrons. The molecular weight excluding hydrogens is 618 g/mol. The summed E-state index contributed by atoms with van der Waals surface area (Å²) < 4.78 is 18.0. The Bertz CT molecular complexity index is 1730. The first kappa shape index (κ1) is 32.5. The van der Waals surface area contributed by atoms with Crippen LogP contribution in [0, 0.1) is 0 Å². The molecule has 3 aliphatic heterocycles. The van der Waals surface area contributed by atoms with E-state index in [1.54, 1.807) is 4.90 Å². The number of rotatable bonds is 8. The van der Waals surface area contributed by atoms with E-state index in [2.05, 4.69) is 38.2 Å². The summed E-state index contributed by atoms with van der Waals surface area (Å²) in [6, 6.07) is 24.8. The molecule has 0 aliphatic carbocycles. The van der Waals surface area contributed by atoms with Crippen molar-refractivity contribution in [1.82, 2.24) is 20.1 Å². The van der Waals surface area contributed by atoms with Crippen LogP contribution in [0.2, 0.25) is 0 Å². The molecular formula is C38H45N7O4. The van der Waals surface area contributed by atoms with Crippen molar-refractivity contribution in [2.75, 3.05) is 41.7 Å². The summed E-state index contributed by atoms with van der Waals surface area (Å²) in [5.41, 5.74) is 10.7. The van der Waals surface area contributed by atoms with Crippen LogP contribution in [-0.4, -0.2) is 76.1 Å². The van der Waals surface area contributed by atoms with Gasteiger partial charge in [0.05, 0.1) is 23.3 Å². The van der Waals surface area contributed by atoms with E-state index in [0.717, 1.165) is 72.7 Å². The third-order valence-electron chi connectivity index (χ3n) is 9.42. The molecule has 3 fully saturated rings. The van der Waals surface area contributed by atoms with E-state index in [1.165, 1.54) is 0 Å². The predicted octanol–water partition coefficient (Wildman–Crippen LogP) is 6.34. The number of likely N-dealkylation sites (tertiary alicyclic amines) is 1. The molecule has 4 aromatic rings. The number of pyridine rings is 1. The number of para-hydroxylation sites is 1. The van der Waals surface area contributed by atoms with E-state index in [4.69, 9.17) is 24.9 Å². The molecule has 2 N–H and O–H groups in total. The molecule has 3 aliphatic rings. The lowest BCUT2D eigenvalue weighted by atomic mass is 10.1. The van der Waals surface area contributed by atoms with Gasteiger partial charge in [-0.1, -0.05) is 42.5 Å². The van der Waals surface area contributed by atoms with E-state index >= 15 is 0 Å². The highest BCUT2D eigenvalue weighted by molar-refractivity contribution is 5.75. The van der Waals surface area contributed by atoms with Crippen LogP contribution in [0.25, 0.3) is 11.3 Å². The van der Waals surface area contributed by atoms with Crippen molar-refractivity contribution in [1.29, 1.82) is 0 Å². The highest BCUT2D eigenvalue weighted by Gasteiger charge is 2.41. The average molecular weight is 664 g/mol. The van der Waals surface area contributed by atoms with E-state index in [0.29, 0.717) is 43.5 Å². The molecule has 5 heterocycles. The Kier molecular flexibility index (Phi) is 9.16. The second kappa shape index (κ2) is 13.8. The Morgan fingerprint density at radius 1 is 0.898 bits per heavy atom. The average Bonchev–Trinajstić information content (AvgIpc) is 3.36. The van der Waals surface area contributed by atoms with Crippen LogP contribution in [0.5, 0.6) is 11.6 Å². The molecule has 2 atom stereocenters. The molecule has 7 rings (SSSR count). The van der Waals surface area contributed by atoms with Crippen LogP contribution in [0.15, 0.2) is 79.0 Å². The van der Waals surface area contributed by atoms with Gasteiger partial charge in [-0.15, -0.1) is 10.2 Å². The van der Waals surface area contributed by atoms with Crippen molar-refractivity contribution in [3.05, 3.63) is 84.6 Å². The molecule has 11 heteroatoms. The van der Waals surface area contributed by atoms with Gasteiger partial charge in [-0.05, 0) is 63.4 Å². The number of aromatic nitrogens is 3. The molecule has 2 bridgehead atoms. The normalized spacial score (nSPS) is 19.5. The van der Waals surface area contributed by atoms with Gasteiger partial charge in [0, 0.05) is 62.7 Å². The van der Waals surface area contributed by atoms with Gasteiger partial charge in [0.15, 0.2) is 5.82 Å². The van der Waals surface area contributed by atoms with E-state index in [9.17, 15) is 4.79 Å². The maximum Gasteiger partial charge on any atom is 0.410 e. The summed E-state index contributed by atoms with van der Waals surface area (Å²) in [4.78, 5) is 23.7. The molecule has 0 spiro atoms. The quantitative estimate of drug-likeness (QED) is 0.229. The minimum Gasteiger partial charge on any atom is -0.488 e. The van der Waals surface area contributed by atoms with Gasteiger partial charge >= 0.3 is 6.09 Å². The third kappa shape index (κ3) is 7.50. The predicted molar refractivity (Wildman–Crippen MR) is 190 cm³/mol. The van der Waals surface area contributed by atoms with Gasteiger partial charge in [-0.3, -0.25) is 0 Å². The van der Waals surface area contributed by atoms with Gasteiger partial charge in [0.2, 0.25) is 5.88 Å². The topological polar surface area (TPSA) is 119 Å². The second-order valence-electron chi connectivity index (χ2n) is 14.1. The summed E-state index contributed by atoms with van der Waals surface area (Å²) in [5.74, 6) is 1.80. The van der Waals surface area contributed by atoms with E-state index < -0.39 is 5.60 Å². The Hall–Kier alpha value is -5.06. The number of nitrogens with two attached hydrogens (primary N) is 1. The number of carbonyl (C=O) groups excluding carboxylic acids is 1. The summed E-state index contributed by atoms with van der Waals surface area (Å²) >= 11 is 0. The first-order valence-electron chi connectivity index (χ1n) is 17.2. The zero-order valence-corrected chi connectivity index (χ0v) is 28.5. The largest absolute Gasteiger partial charge is 0.488 e. The van der Waals surface area contributed by atoms with Crippen LogP contribution in [-0.2, 0) is 11.3 Å². The Labute approximate surface area is 288 Å². The fourth-order valence-electron chi connectivity index (χ4n) is 7.09. The van der Waals surface area contributed by atoms with Crippen molar-refractivity contribution >= 4 is 23.3 Å². The zero-order valence-electron chi connectivity index (χ0n) is 28.5. The Morgan fingerprint density at radius 2 is 1.61 bits per heavy atom. The molecule has 2 unspecified atom stereocenters. The first-order valence-corrected chi connectivity index (χ1v) is 17.2. The summed E-state index contributed by atoms with van der Waals surface area (Å²) in [7, 11) is 0. The van der Waals surface area contributed by atoms with Crippen molar-refractivity contribution < 1.29 is 19.0 Å². The van der Waals surface area contributed by atoms with Crippen LogP contribution >= 0.6 is 0 Å². The van der Waals surface area contributed by atoms with Gasteiger partial charge in [-0.2, -0.15) is 0 Å². The van der Waals surface area contributed by atoms with Crippen molar-refractivity contribution in [3.63, 3.8) is 0 Å². The maximum absolute atomic E-state index is 12.4. The lowest BCUT2D eigenvalue weighted by Crippen LogP contribution is -2.54. The molecule has 11 nitrogen and oxygen atoms in total. The molecule has 3 saturated heterocycles. The second-order valence-corrected chi connectivity index (χ2v) is 14.1. The summed E-state index contributed by atoms with van der Waals surface area (Å²) in [5, 5.41) is 8.86. The fraction of sp³-hybridized carbons (Fsp3) is 0.421. The van der Waals surface area contributed by atoms with Crippen molar-refractivity contribution in [2.45, 2.75) is 76.9 Å². The summed E-state index contributed by atoms with van der Waals surface area (Å²) in [6.45, 7) is 9.00. The number of benzene rings is 2. The Morgan fingerprint density at radius 3 is 2.31 bits per heavy atom. The molecule has 1 amide bonds. The lowest BCUT2D eigenvalue weighted by molar-refractivity contribution is 0.0123. The van der Waals surface area contributed by atoms with Crippen LogP contribution in [0.1, 0.15) is 52.0 Å². The van der Waals surface area contributed by atoms with Crippen LogP contribution < -0.4 is 25.0 Å². The number of piperazine rings is 1. The highest BCUT2D eigenvalue weighted by atomic mass is 16.6. The SMILES string of the molecule is CC(C)(C)OC(=O)N1CCC(Oc2ccc(N3C4CCC3CN(c3cc(-c5ccccc5OCc5ccccc5)nnc3N)C4)cn2)CC1. The van der Waals surface area contributed by atoms with E-state index in [1.807, 2.05) is 81.6 Å². The number of amides is 1. The third-order valence-corrected chi connectivity index (χ3v) is 9.42. The standard InChI is InChI=1S/C38H45N7O4/c1-38(2,3)49-37(46)43-19-17-30(18-20-43)48-35-16-15-27(22-40-35)45-28-13-14-29(45)24-44(23-28)33-21-32(41-42-36(33)39)31-11-7-8-12-34(31)47-25-26-9-5-4-6-10-26/h4-12,15-16,21-22,28-30H,13-14,17-20,23-25H2,1-3H3,(H2,39,42). The highest BCUT2D eigenvalue weighted by Crippen LogP contribution is 2.39. The number of hydrogen-bond donors (Lipinski definition) is 1. The van der Waals surface area contributed by atoms with Gasteiger partial charge < -0.3 is 34.6 Å². The minimum absolute atomic E-state index is 0.0171. The number of nitrogen functional groups attached to an aromatic ring is 1. The minimum atomic E-state index is -0.499. The van der Waals surface area contributed by atoms with Crippen molar-refractivity contribution in [3.8, 4) is 22.9 Å². The van der Waals surface area contributed by atoms with Crippen molar-refractivity contribution in [2.24, 2.45) is 0 Å². The Balaban J connectivity index is 0.983. The molecule has 2 aromatic heterocycles. The monoisotopic (exact) mass is 663 g/mol. The summed E-state index contributed by atoms with van der Waals surface area (Å²) in [6.07, 6.45) is 5.36. The number of ether oxygens (including phenoxy) is 3. The first-order chi connectivity index (χ1) is 23.7. The number of carbonyl (C=O) groups is 1. The van der Waals surface area contributed by atoms with Crippen LogP contribution in [0.3, 0.4) is 0 Å². The number of hydrogen-bond acceptors (Lipinski definition) is 10. The maximum atomic E-state index is 12.4. The molecule has 0 saturated carbocycles. The smallest absolute Gasteiger partial charge is 0.410 e. The lowest BCUT2D eigenvalue weighted by Gasteiger charge is -2.43. The van der Waals surface area contributed by atoms with E-state index in [-0.39, 0.29) is 12.2 Å². The molecule has 49 heavy (non-hydrogen) atoms. The van der Waals surface area contributed by atoms with Gasteiger partial charge in [-0.25, -0.2) is 9.78 Å². The number of fused-ring (bicyclic) bond motifs is 2. The van der Waals surface area contributed by atoms with Gasteiger partial charge in [0.1, 0.15) is 24.1 Å². The fourth-order valence-corrected chi connectivity index (χ4v) is 7.09. The van der Waals surface area contributed by atoms with Crippen LogP contribution in [0.4, 0.5) is 22.0 Å². The molecule has 256 valence electrons. The van der Waals surface area contributed by atoms with Gasteiger partial charge in [0.25, 0.3) is 0 Å². The number of nitrogens with zero attached hydrogens (tertiary/aromatic N) is 6. The zero-order chi connectivity index (χ0) is 34.0. The number of piperidine rings is 1.